The quantitative estimate of drug-likeness (QED) is 0.694. The number of hydrogen-bond acceptors (Lipinski definition) is 3. The standard InChI is InChI=1S/C21H20ClN3O2/c1-14-4-3-11-25(14)19(26)12-24-13-23-18-6-2-5-17(20(18)21(24)27)15-7-9-16(22)10-8-15/h2,5-10,13-14H,3-4,11-12H2,1H3. The summed E-state index contributed by atoms with van der Waals surface area (Å²) < 4.78 is 1.41. The Morgan fingerprint density at radius 3 is 2.70 bits per heavy atom. The predicted molar refractivity (Wildman–Crippen MR) is 107 cm³/mol. The Bertz CT molecular complexity index is 1060. The number of fused-ring (bicyclic) bond motifs is 1. The van der Waals surface area contributed by atoms with Crippen LogP contribution in [0.25, 0.3) is 22.0 Å². The summed E-state index contributed by atoms with van der Waals surface area (Å²) in [7, 11) is 0. The Hall–Kier alpha value is -2.66. The summed E-state index contributed by atoms with van der Waals surface area (Å²) in [6, 6.07) is 13.2. The molecular weight excluding hydrogens is 362 g/mol. The van der Waals surface area contributed by atoms with E-state index in [0.717, 1.165) is 30.5 Å². The average molecular weight is 382 g/mol. The number of amides is 1. The summed E-state index contributed by atoms with van der Waals surface area (Å²) in [6.07, 6.45) is 3.49. The van der Waals surface area contributed by atoms with Crippen molar-refractivity contribution in [2.24, 2.45) is 0 Å². The molecule has 1 aliphatic rings. The molecule has 0 N–H and O–H groups in total. The van der Waals surface area contributed by atoms with Gasteiger partial charge < -0.3 is 4.90 Å². The minimum Gasteiger partial charge on any atom is -0.338 e. The van der Waals surface area contributed by atoms with Crippen molar-refractivity contribution in [1.29, 1.82) is 0 Å². The average Bonchev–Trinajstić information content (AvgIpc) is 3.10. The van der Waals surface area contributed by atoms with E-state index in [0.29, 0.717) is 15.9 Å². The van der Waals surface area contributed by atoms with Crippen LogP contribution < -0.4 is 5.56 Å². The molecule has 0 saturated carbocycles. The number of aromatic nitrogens is 2. The van der Waals surface area contributed by atoms with Crippen molar-refractivity contribution in [3.8, 4) is 11.1 Å². The summed E-state index contributed by atoms with van der Waals surface area (Å²) in [6.45, 7) is 2.82. The van der Waals surface area contributed by atoms with Gasteiger partial charge in [0, 0.05) is 17.6 Å². The van der Waals surface area contributed by atoms with Crippen molar-refractivity contribution in [2.75, 3.05) is 6.54 Å². The highest BCUT2D eigenvalue weighted by molar-refractivity contribution is 6.30. The van der Waals surface area contributed by atoms with Crippen molar-refractivity contribution in [3.05, 3.63) is 64.2 Å². The van der Waals surface area contributed by atoms with Gasteiger partial charge in [0.25, 0.3) is 5.56 Å². The number of hydrogen-bond donors (Lipinski definition) is 0. The smallest absolute Gasteiger partial charge is 0.262 e. The maximum Gasteiger partial charge on any atom is 0.262 e. The molecule has 1 aromatic heterocycles. The van der Waals surface area contributed by atoms with Gasteiger partial charge in [0.15, 0.2) is 0 Å². The highest BCUT2D eigenvalue weighted by Gasteiger charge is 2.25. The molecule has 4 rings (SSSR count). The molecule has 0 radical (unpaired) electrons. The Morgan fingerprint density at radius 2 is 2.00 bits per heavy atom. The molecule has 0 bridgehead atoms. The monoisotopic (exact) mass is 381 g/mol. The fourth-order valence-corrected chi connectivity index (χ4v) is 3.85. The Kier molecular flexibility index (Phi) is 4.70. The van der Waals surface area contributed by atoms with Gasteiger partial charge in [-0.1, -0.05) is 35.9 Å². The van der Waals surface area contributed by atoms with Crippen LogP contribution in [0.1, 0.15) is 19.8 Å². The molecule has 27 heavy (non-hydrogen) atoms. The summed E-state index contributed by atoms with van der Waals surface area (Å²) in [5.41, 5.74) is 2.09. The van der Waals surface area contributed by atoms with Gasteiger partial charge in [0.05, 0.1) is 17.2 Å². The van der Waals surface area contributed by atoms with Crippen molar-refractivity contribution >= 4 is 28.4 Å². The van der Waals surface area contributed by atoms with Crippen molar-refractivity contribution in [1.82, 2.24) is 14.5 Å². The van der Waals surface area contributed by atoms with E-state index in [1.807, 2.05) is 42.2 Å². The zero-order valence-corrected chi connectivity index (χ0v) is 15.8. The number of likely N-dealkylation sites (tertiary alicyclic amines) is 1. The molecule has 1 amide bonds. The molecule has 2 aromatic carbocycles. The van der Waals surface area contributed by atoms with Crippen LogP contribution in [0.4, 0.5) is 0 Å². The number of carbonyl (C=O) groups is 1. The van der Waals surface area contributed by atoms with Crippen molar-refractivity contribution in [2.45, 2.75) is 32.4 Å². The van der Waals surface area contributed by atoms with Gasteiger partial charge in [0.1, 0.15) is 6.54 Å². The first kappa shape index (κ1) is 17.7. The maximum absolute atomic E-state index is 13.1. The van der Waals surface area contributed by atoms with Crippen LogP contribution in [0, 0.1) is 0 Å². The molecule has 3 aromatic rings. The molecule has 1 fully saturated rings. The normalized spacial score (nSPS) is 16.8. The number of nitrogens with zero attached hydrogens (tertiary/aromatic N) is 3. The summed E-state index contributed by atoms with van der Waals surface area (Å²) >= 11 is 5.98. The lowest BCUT2D eigenvalue weighted by Crippen LogP contribution is -2.38. The van der Waals surface area contributed by atoms with Gasteiger partial charge in [-0.25, -0.2) is 4.98 Å². The first-order valence-electron chi connectivity index (χ1n) is 9.08. The summed E-state index contributed by atoms with van der Waals surface area (Å²) in [5, 5.41) is 1.16. The fraction of sp³-hybridized carbons (Fsp3) is 0.286. The second kappa shape index (κ2) is 7.16. The molecule has 0 spiro atoms. The van der Waals surface area contributed by atoms with Crippen LogP contribution in [0.2, 0.25) is 5.02 Å². The zero-order chi connectivity index (χ0) is 19.0. The van der Waals surface area contributed by atoms with E-state index in [2.05, 4.69) is 4.98 Å². The lowest BCUT2D eigenvalue weighted by Gasteiger charge is -2.21. The van der Waals surface area contributed by atoms with Gasteiger partial charge in [-0.2, -0.15) is 0 Å². The number of carbonyl (C=O) groups excluding carboxylic acids is 1. The van der Waals surface area contributed by atoms with E-state index in [1.165, 1.54) is 10.9 Å². The van der Waals surface area contributed by atoms with Crippen molar-refractivity contribution < 1.29 is 4.79 Å². The number of halogens is 1. The third kappa shape index (κ3) is 3.35. The SMILES string of the molecule is CC1CCCN1C(=O)Cn1cnc2cccc(-c3ccc(Cl)cc3)c2c1=O. The second-order valence-electron chi connectivity index (χ2n) is 6.96. The molecule has 5 nitrogen and oxygen atoms in total. The molecule has 138 valence electrons. The first-order chi connectivity index (χ1) is 13.0. The van der Waals surface area contributed by atoms with E-state index in [1.54, 1.807) is 12.1 Å². The van der Waals surface area contributed by atoms with E-state index < -0.39 is 0 Å². The molecule has 1 atom stereocenters. The number of benzene rings is 2. The lowest BCUT2D eigenvalue weighted by atomic mass is 10.0. The lowest BCUT2D eigenvalue weighted by molar-refractivity contribution is -0.132. The fourth-order valence-electron chi connectivity index (χ4n) is 3.72. The molecule has 1 aliphatic heterocycles. The van der Waals surface area contributed by atoms with E-state index in [9.17, 15) is 9.59 Å². The third-order valence-electron chi connectivity index (χ3n) is 5.19. The van der Waals surface area contributed by atoms with Crippen LogP contribution in [0.3, 0.4) is 0 Å². The minimum atomic E-state index is -0.203. The van der Waals surface area contributed by atoms with Crippen LogP contribution >= 0.6 is 11.6 Å². The van der Waals surface area contributed by atoms with Gasteiger partial charge in [-0.05, 0) is 49.1 Å². The van der Waals surface area contributed by atoms with Gasteiger partial charge in [-0.15, -0.1) is 0 Å². The minimum absolute atomic E-state index is 0.0149. The number of rotatable bonds is 3. The van der Waals surface area contributed by atoms with Crippen LogP contribution in [-0.4, -0.2) is 32.9 Å². The Labute approximate surface area is 162 Å². The van der Waals surface area contributed by atoms with E-state index in [-0.39, 0.29) is 24.1 Å². The van der Waals surface area contributed by atoms with Crippen LogP contribution in [0.15, 0.2) is 53.6 Å². The molecular formula is C21H20ClN3O2. The predicted octanol–water partition coefficient (Wildman–Crippen LogP) is 3.73. The summed E-state index contributed by atoms with van der Waals surface area (Å²) in [5.74, 6) is -0.0350. The molecule has 6 heteroatoms. The second-order valence-corrected chi connectivity index (χ2v) is 7.40. The Balaban J connectivity index is 1.77. The highest BCUT2D eigenvalue weighted by atomic mass is 35.5. The molecule has 1 saturated heterocycles. The third-order valence-corrected chi connectivity index (χ3v) is 5.44. The van der Waals surface area contributed by atoms with Gasteiger partial charge in [-0.3, -0.25) is 14.2 Å². The highest BCUT2D eigenvalue weighted by Crippen LogP contribution is 2.26. The first-order valence-corrected chi connectivity index (χ1v) is 9.46. The molecule has 0 aliphatic carbocycles. The zero-order valence-electron chi connectivity index (χ0n) is 15.1. The van der Waals surface area contributed by atoms with Crippen molar-refractivity contribution in [3.63, 3.8) is 0 Å². The molecule has 2 heterocycles. The topological polar surface area (TPSA) is 55.2 Å². The molecule has 1 unspecified atom stereocenters. The van der Waals surface area contributed by atoms with E-state index in [4.69, 9.17) is 11.6 Å². The van der Waals surface area contributed by atoms with Gasteiger partial charge >= 0.3 is 0 Å². The van der Waals surface area contributed by atoms with Gasteiger partial charge in [0.2, 0.25) is 5.91 Å². The van der Waals surface area contributed by atoms with E-state index >= 15 is 0 Å². The van der Waals surface area contributed by atoms with Crippen LogP contribution in [-0.2, 0) is 11.3 Å². The summed E-state index contributed by atoms with van der Waals surface area (Å²) in [4.78, 5) is 32.0. The largest absolute Gasteiger partial charge is 0.338 e. The maximum atomic E-state index is 13.1. The Morgan fingerprint density at radius 1 is 1.22 bits per heavy atom. The van der Waals surface area contributed by atoms with Crippen LogP contribution in [0.5, 0.6) is 0 Å².